The number of halogens is 6. The quantitative estimate of drug-likeness (QED) is 0.443. The van der Waals surface area contributed by atoms with E-state index in [1.54, 1.807) is 6.92 Å². The van der Waals surface area contributed by atoms with E-state index in [2.05, 4.69) is 25.3 Å². The molecule has 3 aromatic rings. The van der Waals surface area contributed by atoms with Crippen LogP contribution in [-0.2, 0) is 6.18 Å². The summed E-state index contributed by atoms with van der Waals surface area (Å²) in [6.07, 6.45) is -9.46. The zero-order chi connectivity index (χ0) is 22.6. The van der Waals surface area contributed by atoms with Gasteiger partial charge in [-0.15, -0.1) is 13.2 Å². The highest BCUT2D eigenvalue weighted by Gasteiger charge is 2.33. The molecule has 11 heteroatoms. The monoisotopic (exact) mass is 442 g/mol. The van der Waals surface area contributed by atoms with E-state index in [-0.39, 0.29) is 28.7 Å². The van der Waals surface area contributed by atoms with Gasteiger partial charge in [-0.1, -0.05) is 24.3 Å². The highest BCUT2D eigenvalue weighted by molar-refractivity contribution is 5.69. The Labute approximate surface area is 173 Å². The normalized spacial score (nSPS) is 11.8. The van der Waals surface area contributed by atoms with Crippen molar-refractivity contribution in [3.8, 4) is 17.0 Å². The predicted molar refractivity (Wildman–Crippen MR) is 103 cm³/mol. The van der Waals surface area contributed by atoms with E-state index >= 15 is 0 Å². The highest BCUT2D eigenvalue weighted by atomic mass is 19.4. The largest absolute Gasteiger partial charge is 0.573 e. The molecule has 0 aliphatic rings. The van der Waals surface area contributed by atoms with Crippen LogP contribution in [0.5, 0.6) is 5.75 Å². The molecule has 164 valence electrons. The maximum Gasteiger partial charge on any atom is 0.573 e. The lowest BCUT2D eigenvalue weighted by molar-refractivity contribution is -0.274. The number of aromatic nitrogens is 2. The van der Waals surface area contributed by atoms with Crippen LogP contribution in [0.2, 0.25) is 0 Å². The fourth-order valence-electron chi connectivity index (χ4n) is 2.73. The van der Waals surface area contributed by atoms with Crippen molar-refractivity contribution < 1.29 is 31.1 Å². The molecule has 0 atom stereocenters. The maximum absolute atomic E-state index is 13.3. The van der Waals surface area contributed by atoms with Crippen molar-refractivity contribution in [2.75, 3.05) is 17.2 Å². The van der Waals surface area contributed by atoms with Crippen molar-refractivity contribution >= 4 is 17.5 Å². The molecule has 0 saturated carbocycles. The van der Waals surface area contributed by atoms with Crippen LogP contribution in [0.4, 0.5) is 43.8 Å². The minimum Gasteiger partial charge on any atom is -0.406 e. The smallest absolute Gasteiger partial charge is 0.406 e. The van der Waals surface area contributed by atoms with Gasteiger partial charge in [-0.3, -0.25) is 0 Å². The molecule has 3 rings (SSSR count). The number of hydrogen-bond acceptors (Lipinski definition) is 5. The summed E-state index contributed by atoms with van der Waals surface area (Å²) in [5, 5.41) is 5.46. The molecule has 1 heterocycles. The van der Waals surface area contributed by atoms with E-state index in [4.69, 9.17) is 0 Å². The maximum atomic E-state index is 13.3. The molecule has 2 aromatic carbocycles. The van der Waals surface area contributed by atoms with Crippen molar-refractivity contribution in [3.05, 3.63) is 60.2 Å². The van der Waals surface area contributed by atoms with Crippen LogP contribution >= 0.6 is 0 Å². The average Bonchev–Trinajstić information content (AvgIpc) is 2.66. The molecule has 0 amide bonds. The van der Waals surface area contributed by atoms with Crippen LogP contribution < -0.4 is 15.4 Å². The summed E-state index contributed by atoms with van der Waals surface area (Å²) in [5.41, 5.74) is -0.669. The topological polar surface area (TPSA) is 59.1 Å². The van der Waals surface area contributed by atoms with Crippen LogP contribution in [0.15, 0.2) is 54.6 Å². The summed E-state index contributed by atoms with van der Waals surface area (Å²) in [5.74, 6) is -0.334. The molecule has 0 fully saturated rings. The minimum atomic E-state index is -4.87. The number of rotatable bonds is 6. The number of benzene rings is 2. The Hall–Kier alpha value is -3.50. The molecular formula is C20H16F6N4O. The first-order valence-electron chi connectivity index (χ1n) is 8.97. The lowest BCUT2D eigenvalue weighted by Gasteiger charge is -2.15. The summed E-state index contributed by atoms with van der Waals surface area (Å²) >= 11 is 0. The summed E-state index contributed by atoms with van der Waals surface area (Å²) in [6.45, 7) is 2.18. The lowest BCUT2D eigenvalue weighted by atomic mass is 10.1. The van der Waals surface area contributed by atoms with Gasteiger partial charge in [-0.2, -0.15) is 18.2 Å². The third kappa shape index (κ3) is 6.00. The molecule has 0 radical (unpaired) electrons. The fourth-order valence-corrected chi connectivity index (χ4v) is 2.73. The number of alkyl halides is 6. The first-order chi connectivity index (χ1) is 14.5. The summed E-state index contributed by atoms with van der Waals surface area (Å²) in [7, 11) is 0. The molecule has 0 saturated heterocycles. The van der Waals surface area contributed by atoms with Gasteiger partial charge >= 0.3 is 12.5 Å². The van der Waals surface area contributed by atoms with Gasteiger partial charge < -0.3 is 15.4 Å². The second-order valence-electron chi connectivity index (χ2n) is 6.24. The first-order valence-corrected chi connectivity index (χ1v) is 8.97. The van der Waals surface area contributed by atoms with Gasteiger partial charge in [0, 0.05) is 18.2 Å². The number of para-hydroxylation sites is 1. The van der Waals surface area contributed by atoms with Crippen molar-refractivity contribution in [3.63, 3.8) is 0 Å². The van der Waals surface area contributed by atoms with Crippen molar-refractivity contribution in [1.29, 1.82) is 0 Å². The van der Waals surface area contributed by atoms with Gasteiger partial charge in [-0.25, -0.2) is 4.98 Å². The number of ether oxygens (including phenoxy) is 1. The second kappa shape index (κ2) is 8.70. The Balaban J connectivity index is 2.01. The highest BCUT2D eigenvalue weighted by Crippen LogP contribution is 2.36. The number of hydrogen-bond donors (Lipinski definition) is 2. The van der Waals surface area contributed by atoms with Crippen molar-refractivity contribution in [1.82, 2.24) is 9.97 Å². The van der Waals surface area contributed by atoms with Gasteiger partial charge in [0.05, 0.1) is 16.9 Å². The van der Waals surface area contributed by atoms with E-state index in [0.29, 0.717) is 6.54 Å². The number of nitrogens with zero attached hydrogens (tertiary/aromatic N) is 2. The zero-order valence-electron chi connectivity index (χ0n) is 16.0. The molecular weight excluding hydrogens is 426 g/mol. The predicted octanol–water partition coefficient (Wildman–Crippen LogP) is 6.24. The Morgan fingerprint density at radius 1 is 0.903 bits per heavy atom. The van der Waals surface area contributed by atoms with E-state index in [1.165, 1.54) is 36.4 Å². The van der Waals surface area contributed by atoms with E-state index in [0.717, 1.165) is 18.2 Å². The summed E-state index contributed by atoms with van der Waals surface area (Å²) in [6, 6.07) is 11.3. The molecule has 0 aliphatic carbocycles. The third-order valence-corrected chi connectivity index (χ3v) is 3.92. The van der Waals surface area contributed by atoms with E-state index in [9.17, 15) is 26.3 Å². The van der Waals surface area contributed by atoms with Crippen LogP contribution in [0.1, 0.15) is 12.5 Å². The Morgan fingerprint density at radius 3 is 2.32 bits per heavy atom. The van der Waals surface area contributed by atoms with Gasteiger partial charge in [0.2, 0.25) is 5.95 Å². The Morgan fingerprint density at radius 2 is 1.65 bits per heavy atom. The van der Waals surface area contributed by atoms with Crippen LogP contribution in [0.25, 0.3) is 11.3 Å². The fraction of sp³-hybridized carbons (Fsp3) is 0.200. The molecule has 2 N–H and O–H groups in total. The SMILES string of the molecule is CCNc1nc(Nc2ccccc2C(F)(F)F)cc(-c2cccc(OC(F)(F)F)c2)n1. The van der Waals surface area contributed by atoms with Crippen LogP contribution in [-0.4, -0.2) is 22.9 Å². The Bertz CT molecular complexity index is 1050. The van der Waals surface area contributed by atoms with Gasteiger partial charge in [0.1, 0.15) is 11.6 Å². The van der Waals surface area contributed by atoms with Crippen molar-refractivity contribution in [2.24, 2.45) is 0 Å². The van der Waals surface area contributed by atoms with E-state index in [1.807, 2.05) is 0 Å². The first kappa shape index (κ1) is 22.2. The molecule has 31 heavy (non-hydrogen) atoms. The Kier molecular flexibility index (Phi) is 6.23. The molecule has 0 spiro atoms. The van der Waals surface area contributed by atoms with Crippen molar-refractivity contribution in [2.45, 2.75) is 19.5 Å². The van der Waals surface area contributed by atoms with Gasteiger partial charge in [0.25, 0.3) is 0 Å². The number of nitrogens with one attached hydrogen (secondary N) is 2. The minimum absolute atomic E-state index is 0.0276. The molecule has 0 bridgehead atoms. The van der Waals surface area contributed by atoms with Crippen LogP contribution in [0.3, 0.4) is 0 Å². The second-order valence-corrected chi connectivity index (χ2v) is 6.24. The number of anilines is 3. The van der Waals surface area contributed by atoms with Gasteiger partial charge in [-0.05, 0) is 31.2 Å². The lowest BCUT2D eigenvalue weighted by Crippen LogP contribution is -2.17. The molecule has 5 nitrogen and oxygen atoms in total. The molecule has 0 aliphatic heterocycles. The third-order valence-electron chi connectivity index (χ3n) is 3.92. The average molecular weight is 442 g/mol. The van der Waals surface area contributed by atoms with E-state index < -0.39 is 23.9 Å². The zero-order valence-corrected chi connectivity index (χ0v) is 16.0. The molecule has 1 aromatic heterocycles. The standard InChI is InChI=1S/C20H16F6N4O/c1-2-27-18-29-16(12-6-5-7-13(10-12)31-20(24,25)26)11-17(30-18)28-15-9-4-3-8-14(15)19(21,22)23/h3-11H,2H2,1H3,(H2,27,28,29,30). The molecule has 0 unspecified atom stereocenters. The van der Waals surface area contributed by atoms with Gasteiger partial charge in [0.15, 0.2) is 0 Å². The summed E-state index contributed by atoms with van der Waals surface area (Å²) < 4.78 is 81.3. The summed E-state index contributed by atoms with van der Waals surface area (Å²) in [4.78, 5) is 8.36. The van der Waals surface area contributed by atoms with Crippen LogP contribution in [0, 0.1) is 0 Å².